The van der Waals surface area contributed by atoms with Crippen LogP contribution in [-0.2, 0) is 14.9 Å². The zero-order valence-corrected chi connectivity index (χ0v) is 12.6. The van der Waals surface area contributed by atoms with E-state index in [4.69, 9.17) is 4.74 Å². The van der Waals surface area contributed by atoms with E-state index in [2.05, 4.69) is 6.58 Å². The summed E-state index contributed by atoms with van der Waals surface area (Å²) in [4.78, 5) is 0. The largest absolute Gasteiger partial charge is 0.396 e. The number of hydrogen-bond acceptors (Lipinski definition) is 4. The first-order valence-corrected chi connectivity index (χ1v) is 8.48. The molecule has 0 bridgehead atoms. The number of allylic oxidation sites excluding steroid dienone is 1. The van der Waals surface area contributed by atoms with E-state index in [0.717, 1.165) is 12.8 Å². The molecule has 0 aromatic heterocycles. The van der Waals surface area contributed by atoms with E-state index in [1.165, 1.54) is 8.61 Å². The number of aliphatic hydroxyl groups excluding tert-OH is 1. The maximum Gasteiger partial charge on any atom is 0.282 e. The zero-order chi connectivity index (χ0) is 14.6. The zero-order valence-electron chi connectivity index (χ0n) is 11.8. The molecule has 20 heavy (non-hydrogen) atoms. The van der Waals surface area contributed by atoms with E-state index in [0.29, 0.717) is 45.8 Å². The topological polar surface area (TPSA) is 70.1 Å². The van der Waals surface area contributed by atoms with Crippen LogP contribution in [0.1, 0.15) is 19.3 Å². The van der Waals surface area contributed by atoms with Gasteiger partial charge in [-0.05, 0) is 19.3 Å². The summed E-state index contributed by atoms with van der Waals surface area (Å²) in [6, 6.07) is 0. The van der Waals surface area contributed by atoms with Gasteiger partial charge in [0, 0.05) is 31.6 Å². The van der Waals surface area contributed by atoms with Gasteiger partial charge in [-0.25, -0.2) is 0 Å². The van der Waals surface area contributed by atoms with Crippen LogP contribution in [0.3, 0.4) is 0 Å². The van der Waals surface area contributed by atoms with Gasteiger partial charge in [0.2, 0.25) is 0 Å². The Kier molecular flexibility index (Phi) is 5.19. The number of piperidine rings is 1. The summed E-state index contributed by atoms with van der Waals surface area (Å²) in [5.41, 5.74) is -0.376. The van der Waals surface area contributed by atoms with Crippen molar-refractivity contribution in [3.8, 4) is 0 Å². The van der Waals surface area contributed by atoms with Crippen molar-refractivity contribution < 1.29 is 18.3 Å². The van der Waals surface area contributed by atoms with E-state index in [1.54, 1.807) is 6.08 Å². The Bertz CT molecular complexity index is 434. The first kappa shape index (κ1) is 15.9. The minimum absolute atomic E-state index is 0.00580. The minimum Gasteiger partial charge on any atom is -0.396 e. The molecule has 2 fully saturated rings. The van der Waals surface area contributed by atoms with Crippen molar-refractivity contribution in [1.82, 2.24) is 8.61 Å². The van der Waals surface area contributed by atoms with Crippen molar-refractivity contribution in [2.75, 3.05) is 46.0 Å². The third-order valence-corrected chi connectivity index (χ3v) is 6.14. The summed E-state index contributed by atoms with van der Waals surface area (Å²) in [6.45, 7) is 6.33. The predicted octanol–water partition coefficient (Wildman–Crippen LogP) is 0.214. The Hall–Kier alpha value is -0.470. The summed E-state index contributed by atoms with van der Waals surface area (Å²) in [6.07, 6.45) is 4.02. The van der Waals surface area contributed by atoms with Crippen molar-refractivity contribution >= 4 is 10.2 Å². The molecule has 6 nitrogen and oxygen atoms in total. The molecule has 2 heterocycles. The molecule has 1 N–H and O–H groups in total. The molecule has 2 aliphatic rings. The lowest BCUT2D eigenvalue weighted by atomic mass is 9.79. The van der Waals surface area contributed by atoms with Crippen LogP contribution in [0.15, 0.2) is 12.7 Å². The second-order valence-corrected chi connectivity index (χ2v) is 7.54. The number of morpholine rings is 1. The number of aliphatic hydroxyl groups is 1. The molecule has 0 spiro atoms. The van der Waals surface area contributed by atoms with Gasteiger partial charge in [0.25, 0.3) is 10.2 Å². The highest BCUT2D eigenvalue weighted by Crippen LogP contribution is 2.35. The maximum absolute atomic E-state index is 12.6. The normalized spacial score (nSPS) is 30.2. The molecular formula is C13H24N2O4S. The highest BCUT2D eigenvalue weighted by molar-refractivity contribution is 7.86. The van der Waals surface area contributed by atoms with Gasteiger partial charge in [0.15, 0.2) is 0 Å². The van der Waals surface area contributed by atoms with Gasteiger partial charge >= 0.3 is 0 Å². The van der Waals surface area contributed by atoms with Crippen LogP contribution < -0.4 is 0 Å². The molecule has 0 radical (unpaired) electrons. The first-order valence-electron chi connectivity index (χ1n) is 7.09. The minimum atomic E-state index is -3.44. The molecule has 0 saturated carbocycles. The van der Waals surface area contributed by atoms with Crippen LogP contribution in [0.2, 0.25) is 0 Å². The molecule has 2 rings (SSSR count). The SMILES string of the molecule is C=CC[C@@]1(CO)CCCN(S(=O)(=O)N2CCOCC2)C1. The lowest BCUT2D eigenvalue weighted by molar-refractivity contribution is 0.0524. The van der Waals surface area contributed by atoms with Crippen LogP contribution in [0.5, 0.6) is 0 Å². The molecule has 7 heteroatoms. The van der Waals surface area contributed by atoms with E-state index in [9.17, 15) is 13.5 Å². The molecule has 1 atom stereocenters. The highest BCUT2D eigenvalue weighted by atomic mass is 32.2. The van der Waals surface area contributed by atoms with Crippen LogP contribution >= 0.6 is 0 Å². The number of rotatable bonds is 5. The number of nitrogens with zero attached hydrogens (tertiary/aromatic N) is 2. The second-order valence-electron chi connectivity index (χ2n) is 5.61. The van der Waals surface area contributed by atoms with E-state index < -0.39 is 10.2 Å². The Labute approximate surface area is 121 Å². The van der Waals surface area contributed by atoms with Crippen LogP contribution in [0.4, 0.5) is 0 Å². The lowest BCUT2D eigenvalue weighted by Gasteiger charge is -2.42. The molecule has 116 valence electrons. The van der Waals surface area contributed by atoms with Gasteiger partial charge < -0.3 is 9.84 Å². The van der Waals surface area contributed by atoms with Crippen LogP contribution in [0, 0.1) is 5.41 Å². The standard InChI is InChI=1S/C13H24N2O4S/c1-2-4-13(12-16)5-3-6-15(11-13)20(17,18)14-7-9-19-10-8-14/h2,16H,1,3-12H2/t13-/m1/s1. The first-order chi connectivity index (χ1) is 9.54. The van der Waals surface area contributed by atoms with Crippen molar-refractivity contribution in [3.63, 3.8) is 0 Å². The second kappa shape index (κ2) is 6.53. The fourth-order valence-electron chi connectivity index (χ4n) is 2.97. The summed E-state index contributed by atoms with van der Waals surface area (Å²) < 4.78 is 33.5. The summed E-state index contributed by atoms with van der Waals surface area (Å²) >= 11 is 0. The van der Waals surface area contributed by atoms with Crippen LogP contribution in [0.25, 0.3) is 0 Å². The van der Waals surface area contributed by atoms with E-state index in [1.807, 2.05) is 0 Å². The smallest absolute Gasteiger partial charge is 0.282 e. The van der Waals surface area contributed by atoms with Gasteiger partial charge in [0.05, 0.1) is 19.8 Å². The average molecular weight is 304 g/mol. The Balaban J connectivity index is 2.12. The number of hydrogen-bond donors (Lipinski definition) is 1. The third-order valence-electron chi connectivity index (χ3n) is 4.16. The molecule has 0 aromatic rings. The van der Waals surface area contributed by atoms with Gasteiger partial charge in [-0.1, -0.05) is 6.08 Å². The Morgan fingerprint density at radius 2 is 1.95 bits per heavy atom. The van der Waals surface area contributed by atoms with Gasteiger partial charge in [-0.2, -0.15) is 17.0 Å². The third kappa shape index (κ3) is 3.23. The van der Waals surface area contributed by atoms with Crippen molar-refractivity contribution in [2.45, 2.75) is 19.3 Å². The van der Waals surface area contributed by atoms with Gasteiger partial charge in [-0.3, -0.25) is 0 Å². The van der Waals surface area contributed by atoms with Crippen molar-refractivity contribution in [3.05, 3.63) is 12.7 Å². The molecule has 2 aliphatic heterocycles. The summed E-state index contributed by atoms with van der Waals surface area (Å²) in [5, 5.41) is 9.66. The fourth-order valence-corrected chi connectivity index (χ4v) is 4.70. The van der Waals surface area contributed by atoms with Crippen LogP contribution in [-0.4, -0.2) is 68.1 Å². The maximum atomic E-state index is 12.6. The molecule has 0 amide bonds. The lowest BCUT2D eigenvalue weighted by Crippen LogP contribution is -2.54. The molecule has 0 aromatic carbocycles. The predicted molar refractivity (Wildman–Crippen MR) is 76.5 cm³/mol. The average Bonchev–Trinajstić information content (AvgIpc) is 2.49. The fraction of sp³-hybridized carbons (Fsp3) is 0.846. The van der Waals surface area contributed by atoms with E-state index >= 15 is 0 Å². The summed E-state index contributed by atoms with van der Waals surface area (Å²) in [7, 11) is -3.44. The van der Waals surface area contributed by atoms with Crippen molar-refractivity contribution in [2.24, 2.45) is 5.41 Å². The molecular weight excluding hydrogens is 280 g/mol. The Morgan fingerprint density at radius 3 is 2.55 bits per heavy atom. The molecule has 0 unspecified atom stereocenters. The number of ether oxygens (including phenoxy) is 1. The van der Waals surface area contributed by atoms with Crippen molar-refractivity contribution in [1.29, 1.82) is 0 Å². The molecule has 0 aliphatic carbocycles. The van der Waals surface area contributed by atoms with Gasteiger partial charge in [-0.15, -0.1) is 6.58 Å². The highest BCUT2D eigenvalue weighted by Gasteiger charge is 2.40. The summed E-state index contributed by atoms with van der Waals surface area (Å²) in [5.74, 6) is 0. The Morgan fingerprint density at radius 1 is 1.25 bits per heavy atom. The van der Waals surface area contributed by atoms with E-state index in [-0.39, 0.29) is 12.0 Å². The molecule has 2 saturated heterocycles. The monoisotopic (exact) mass is 304 g/mol. The quantitative estimate of drug-likeness (QED) is 0.737. The van der Waals surface area contributed by atoms with Gasteiger partial charge in [0.1, 0.15) is 0 Å².